The summed E-state index contributed by atoms with van der Waals surface area (Å²) in [5.41, 5.74) is 7.77. The summed E-state index contributed by atoms with van der Waals surface area (Å²) in [5, 5.41) is 9.52. The van der Waals surface area contributed by atoms with E-state index in [0.717, 1.165) is 17.5 Å². The van der Waals surface area contributed by atoms with Gasteiger partial charge in [-0.3, -0.25) is 9.78 Å². The van der Waals surface area contributed by atoms with Gasteiger partial charge in [-0.05, 0) is 42.3 Å². The van der Waals surface area contributed by atoms with E-state index in [2.05, 4.69) is 9.97 Å². The van der Waals surface area contributed by atoms with Gasteiger partial charge in [0.15, 0.2) is 5.82 Å². The highest BCUT2D eigenvalue weighted by atomic mass is 19.1. The number of carboxylic acid groups (broad SMARTS) is 1. The summed E-state index contributed by atoms with van der Waals surface area (Å²) >= 11 is 0. The molecule has 0 saturated heterocycles. The smallest absolute Gasteiger partial charge is 0.341 e. The molecule has 0 atom stereocenters. The van der Waals surface area contributed by atoms with E-state index in [1.165, 1.54) is 22.9 Å². The third-order valence-electron chi connectivity index (χ3n) is 5.71. The molecular formula is C23H18FN5O3. The van der Waals surface area contributed by atoms with Gasteiger partial charge in [-0.2, -0.15) is 0 Å². The molecule has 0 amide bonds. The zero-order valence-electron chi connectivity index (χ0n) is 17.0. The van der Waals surface area contributed by atoms with Crippen LogP contribution in [0.2, 0.25) is 0 Å². The molecule has 32 heavy (non-hydrogen) atoms. The van der Waals surface area contributed by atoms with Crippen molar-refractivity contribution in [2.75, 3.05) is 10.6 Å². The molecule has 0 saturated carbocycles. The van der Waals surface area contributed by atoms with Crippen molar-refractivity contribution in [1.29, 1.82) is 0 Å². The summed E-state index contributed by atoms with van der Waals surface area (Å²) in [6.45, 7) is 2.66. The van der Waals surface area contributed by atoms with Crippen LogP contribution in [-0.4, -0.2) is 25.6 Å². The van der Waals surface area contributed by atoms with Crippen LogP contribution in [0.3, 0.4) is 0 Å². The number of anilines is 2. The number of aromatic carboxylic acids is 1. The minimum atomic E-state index is -1.39. The van der Waals surface area contributed by atoms with Crippen LogP contribution in [0.1, 0.15) is 27.2 Å². The Morgan fingerprint density at radius 3 is 2.72 bits per heavy atom. The van der Waals surface area contributed by atoms with Crippen LogP contribution < -0.4 is 16.1 Å². The molecule has 4 aromatic rings. The van der Waals surface area contributed by atoms with E-state index in [-0.39, 0.29) is 16.7 Å². The second-order valence-corrected chi connectivity index (χ2v) is 7.70. The van der Waals surface area contributed by atoms with Crippen molar-refractivity contribution >= 4 is 28.4 Å². The largest absolute Gasteiger partial charge is 0.477 e. The molecule has 0 aliphatic carbocycles. The van der Waals surface area contributed by atoms with Gasteiger partial charge >= 0.3 is 5.97 Å². The van der Waals surface area contributed by atoms with E-state index in [9.17, 15) is 14.7 Å². The highest BCUT2D eigenvalue weighted by molar-refractivity contribution is 5.94. The number of carbonyl (C=O) groups is 1. The molecule has 3 N–H and O–H groups in total. The number of hydrogen-bond donors (Lipinski definition) is 2. The maximum atomic E-state index is 16.0. The van der Waals surface area contributed by atoms with Crippen LogP contribution in [0.5, 0.6) is 0 Å². The average Bonchev–Trinajstić information content (AvgIpc) is 3.18. The molecule has 0 unspecified atom stereocenters. The van der Waals surface area contributed by atoms with E-state index < -0.39 is 22.8 Å². The summed E-state index contributed by atoms with van der Waals surface area (Å²) < 4.78 is 17.4. The normalized spacial score (nSPS) is 12.9. The van der Waals surface area contributed by atoms with Crippen LogP contribution in [0.15, 0.2) is 53.7 Å². The van der Waals surface area contributed by atoms with Gasteiger partial charge in [0.25, 0.3) is 0 Å². The van der Waals surface area contributed by atoms with E-state index in [0.29, 0.717) is 30.0 Å². The molecule has 1 aliphatic heterocycles. The van der Waals surface area contributed by atoms with Crippen molar-refractivity contribution < 1.29 is 14.3 Å². The number of aryl methyl sites for hydroxylation is 1. The van der Waals surface area contributed by atoms with E-state index in [1.54, 1.807) is 19.2 Å². The second-order valence-electron chi connectivity index (χ2n) is 7.70. The van der Waals surface area contributed by atoms with Crippen molar-refractivity contribution in [2.45, 2.75) is 20.0 Å². The highest BCUT2D eigenvalue weighted by Crippen LogP contribution is 2.33. The third-order valence-corrected chi connectivity index (χ3v) is 5.71. The zero-order chi connectivity index (χ0) is 22.6. The predicted molar refractivity (Wildman–Crippen MR) is 118 cm³/mol. The van der Waals surface area contributed by atoms with E-state index in [4.69, 9.17) is 5.73 Å². The summed E-state index contributed by atoms with van der Waals surface area (Å²) in [6.07, 6.45) is 4.27. The monoisotopic (exact) mass is 431 g/mol. The Morgan fingerprint density at radius 1 is 1.19 bits per heavy atom. The van der Waals surface area contributed by atoms with Crippen molar-refractivity contribution in [3.63, 3.8) is 0 Å². The molecule has 0 bridgehead atoms. The van der Waals surface area contributed by atoms with E-state index in [1.807, 2.05) is 17.0 Å². The van der Waals surface area contributed by atoms with Crippen molar-refractivity contribution in [3.05, 3.63) is 87.3 Å². The number of fused-ring (bicyclic) bond motifs is 2. The van der Waals surface area contributed by atoms with Gasteiger partial charge in [-0.1, -0.05) is 6.07 Å². The minimum Gasteiger partial charge on any atom is -0.477 e. The molecule has 3 aromatic heterocycles. The Balaban J connectivity index is 1.78. The molecule has 4 heterocycles. The molecule has 1 aromatic carbocycles. The van der Waals surface area contributed by atoms with Crippen molar-refractivity contribution in [3.8, 4) is 5.69 Å². The fourth-order valence-electron chi connectivity index (χ4n) is 4.15. The molecule has 8 nitrogen and oxygen atoms in total. The molecule has 0 spiro atoms. The number of carboxylic acids is 1. The fourth-order valence-corrected chi connectivity index (χ4v) is 4.15. The first-order valence-corrected chi connectivity index (χ1v) is 9.86. The maximum Gasteiger partial charge on any atom is 0.341 e. The van der Waals surface area contributed by atoms with Crippen molar-refractivity contribution in [2.24, 2.45) is 0 Å². The lowest BCUT2D eigenvalue weighted by atomic mass is 10.1. The van der Waals surface area contributed by atoms with Crippen LogP contribution in [0, 0.1) is 12.7 Å². The van der Waals surface area contributed by atoms with Crippen molar-refractivity contribution in [1.82, 2.24) is 14.5 Å². The van der Waals surface area contributed by atoms with Crippen LogP contribution >= 0.6 is 0 Å². The number of nitrogens with two attached hydrogens (primary N) is 1. The number of rotatable bonds is 3. The summed E-state index contributed by atoms with van der Waals surface area (Å²) in [4.78, 5) is 34.8. The number of pyridine rings is 3. The molecule has 5 rings (SSSR count). The standard InChI is InChI=1S/C23H18FN5O3/c1-12-7-19(25)27-8-18(12)29-10-15(23(31)32)22(30)14-4-5-17(20(24)21(14)29)28-9-13-3-2-6-26-16(13)11-28/h2-8,10H,9,11H2,1H3,(H2,25,27)(H,31,32). The number of aromatic nitrogens is 3. The molecule has 160 valence electrons. The Kier molecular flexibility index (Phi) is 4.40. The van der Waals surface area contributed by atoms with E-state index >= 15 is 4.39 Å². The highest BCUT2D eigenvalue weighted by Gasteiger charge is 2.26. The molecule has 1 aliphatic rings. The first kappa shape index (κ1) is 19.7. The van der Waals surface area contributed by atoms with Crippen LogP contribution in [-0.2, 0) is 13.1 Å². The zero-order valence-corrected chi connectivity index (χ0v) is 17.0. The summed E-state index contributed by atoms with van der Waals surface area (Å²) in [7, 11) is 0. The predicted octanol–water partition coefficient (Wildman–Crippen LogP) is 3.03. The van der Waals surface area contributed by atoms with Gasteiger partial charge in [0, 0.05) is 18.9 Å². The Hall–Kier alpha value is -4.27. The molecule has 9 heteroatoms. The lowest BCUT2D eigenvalue weighted by molar-refractivity contribution is 0.0695. The first-order chi connectivity index (χ1) is 15.3. The maximum absolute atomic E-state index is 16.0. The number of nitrogen functional groups attached to an aromatic ring is 1. The lowest BCUT2D eigenvalue weighted by Gasteiger charge is -2.21. The van der Waals surface area contributed by atoms with Gasteiger partial charge in [0.1, 0.15) is 11.4 Å². The Labute approximate surface area is 181 Å². The Morgan fingerprint density at radius 2 is 2.00 bits per heavy atom. The summed E-state index contributed by atoms with van der Waals surface area (Å²) in [5.74, 6) is -1.74. The first-order valence-electron chi connectivity index (χ1n) is 9.86. The quantitative estimate of drug-likeness (QED) is 0.512. The van der Waals surface area contributed by atoms with Crippen LogP contribution in [0.25, 0.3) is 16.6 Å². The van der Waals surface area contributed by atoms with Gasteiger partial charge in [0.2, 0.25) is 5.43 Å². The van der Waals surface area contributed by atoms with Gasteiger partial charge in [-0.25, -0.2) is 14.2 Å². The van der Waals surface area contributed by atoms with Gasteiger partial charge in [0.05, 0.1) is 40.7 Å². The van der Waals surface area contributed by atoms with Gasteiger partial charge < -0.3 is 20.3 Å². The average molecular weight is 431 g/mol. The van der Waals surface area contributed by atoms with Gasteiger partial charge in [-0.15, -0.1) is 0 Å². The van der Waals surface area contributed by atoms with Crippen LogP contribution in [0.4, 0.5) is 15.9 Å². The minimum absolute atomic E-state index is 0.0175. The Bertz CT molecular complexity index is 1460. The fraction of sp³-hybridized carbons (Fsp3) is 0.130. The summed E-state index contributed by atoms with van der Waals surface area (Å²) in [6, 6.07) is 8.36. The molecule has 0 fully saturated rings. The number of nitrogens with zero attached hydrogens (tertiary/aromatic N) is 4. The number of benzene rings is 1. The molecule has 0 radical (unpaired) electrons. The number of hydrogen-bond acceptors (Lipinski definition) is 6. The third kappa shape index (κ3) is 2.97. The topological polar surface area (TPSA) is 114 Å². The number of halogens is 1. The SMILES string of the molecule is Cc1cc(N)ncc1-n1cc(C(=O)O)c(=O)c2ccc(N3Cc4cccnc4C3)c(F)c21. The lowest BCUT2D eigenvalue weighted by Crippen LogP contribution is -2.21. The molecular weight excluding hydrogens is 413 g/mol. The second kappa shape index (κ2) is 7.16.